The van der Waals surface area contributed by atoms with Crippen molar-refractivity contribution in [2.45, 2.75) is 65.1 Å². The Bertz CT molecular complexity index is 636. The highest BCUT2D eigenvalue weighted by molar-refractivity contribution is 5.85. The van der Waals surface area contributed by atoms with Crippen LogP contribution in [-0.2, 0) is 14.3 Å². The van der Waals surface area contributed by atoms with Gasteiger partial charge >= 0.3 is 11.9 Å². The highest BCUT2D eigenvalue weighted by Gasteiger charge is 2.57. The van der Waals surface area contributed by atoms with E-state index in [9.17, 15) is 19.8 Å². The normalized spacial score (nSPS) is 41.1. The molecular weight excluding hydrogens is 320 g/mol. The monoisotopic (exact) mass is 348 g/mol. The van der Waals surface area contributed by atoms with Crippen LogP contribution in [0, 0.1) is 22.7 Å². The number of aliphatic hydroxyl groups excluding tert-OH is 1. The molecule has 0 unspecified atom stereocenters. The lowest BCUT2D eigenvalue weighted by atomic mass is 9.46. The van der Waals surface area contributed by atoms with E-state index in [2.05, 4.69) is 13.5 Å². The number of rotatable bonds is 4. The van der Waals surface area contributed by atoms with Crippen LogP contribution in [0.4, 0.5) is 0 Å². The molecule has 0 bridgehead atoms. The first kappa shape index (κ1) is 18.2. The minimum atomic E-state index is -1.14. The Morgan fingerprint density at radius 3 is 2.72 bits per heavy atom. The highest BCUT2D eigenvalue weighted by Crippen LogP contribution is 2.62. The van der Waals surface area contributed by atoms with E-state index < -0.39 is 23.6 Å². The lowest BCUT2D eigenvalue weighted by Crippen LogP contribution is -2.53. The van der Waals surface area contributed by atoms with Crippen LogP contribution < -0.4 is 0 Å². The van der Waals surface area contributed by atoms with Gasteiger partial charge < -0.3 is 14.9 Å². The number of aliphatic hydroxyl groups is 1. The Kier molecular flexibility index (Phi) is 4.56. The van der Waals surface area contributed by atoms with E-state index in [-0.39, 0.29) is 17.3 Å². The summed E-state index contributed by atoms with van der Waals surface area (Å²) in [6.07, 6.45) is 5.94. The van der Waals surface area contributed by atoms with Gasteiger partial charge in [-0.2, -0.15) is 0 Å². The summed E-state index contributed by atoms with van der Waals surface area (Å²) in [5, 5.41) is 19.6. The zero-order chi connectivity index (χ0) is 18.4. The second-order valence-corrected chi connectivity index (χ2v) is 8.43. The van der Waals surface area contributed by atoms with Crippen molar-refractivity contribution in [3.8, 4) is 0 Å². The SMILES string of the molecule is C=C1CC[C@@H]2[C@@](C)(CCC[C@]2(C)C(=O)O)[C@H]1CCC1=CC(=O)O[C@@H]1O. The highest BCUT2D eigenvalue weighted by atomic mass is 16.6. The molecule has 1 aliphatic heterocycles. The Morgan fingerprint density at radius 2 is 2.12 bits per heavy atom. The quantitative estimate of drug-likeness (QED) is 0.601. The molecular formula is C20H28O5. The van der Waals surface area contributed by atoms with Crippen molar-refractivity contribution < 1.29 is 24.5 Å². The number of aliphatic carboxylic acids is 1. The average molecular weight is 348 g/mol. The van der Waals surface area contributed by atoms with Crippen LogP contribution in [0.3, 0.4) is 0 Å². The number of carbonyl (C=O) groups excluding carboxylic acids is 1. The molecule has 0 amide bonds. The Labute approximate surface area is 148 Å². The molecule has 5 atom stereocenters. The molecule has 3 aliphatic rings. The molecule has 0 aromatic carbocycles. The number of cyclic esters (lactones) is 1. The number of ether oxygens (including phenoxy) is 1. The molecule has 3 rings (SSSR count). The van der Waals surface area contributed by atoms with Crippen molar-refractivity contribution in [2.24, 2.45) is 22.7 Å². The first-order valence-corrected chi connectivity index (χ1v) is 9.18. The second kappa shape index (κ2) is 6.27. The summed E-state index contributed by atoms with van der Waals surface area (Å²) >= 11 is 0. The largest absolute Gasteiger partial charge is 0.481 e. The van der Waals surface area contributed by atoms with Crippen LogP contribution in [0.25, 0.3) is 0 Å². The third kappa shape index (κ3) is 2.92. The number of allylic oxidation sites excluding steroid dienone is 1. The fraction of sp³-hybridized carbons (Fsp3) is 0.700. The topological polar surface area (TPSA) is 83.8 Å². The molecule has 25 heavy (non-hydrogen) atoms. The molecule has 0 aromatic rings. The number of esters is 1. The van der Waals surface area contributed by atoms with E-state index in [4.69, 9.17) is 4.74 Å². The van der Waals surface area contributed by atoms with Crippen LogP contribution in [0.1, 0.15) is 58.8 Å². The van der Waals surface area contributed by atoms with Crippen LogP contribution in [0.5, 0.6) is 0 Å². The lowest BCUT2D eigenvalue weighted by molar-refractivity contribution is -0.164. The van der Waals surface area contributed by atoms with Gasteiger partial charge in [0.2, 0.25) is 6.29 Å². The van der Waals surface area contributed by atoms with Gasteiger partial charge in [-0.05, 0) is 62.7 Å². The third-order valence-corrected chi connectivity index (χ3v) is 7.08. The van der Waals surface area contributed by atoms with Gasteiger partial charge in [0.15, 0.2) is 0 Å². The summed E-state index contributed by atoms with van der Waals surface area (Å²) in [7, 11) is 0. The molecule has 2 fully saturated rings. The maximum Gasteiger partial charge on any atom is 0.333 e. The minimum absolute atomic E-state index is 0.101. The minimum Gasteiger partial charge on any atom is -0.481 e. The van der Waals surface area contributed by atoms with Gasteiger partial charge in [-0.25, -0.2) is 4.79 Å². The molecule has 138 valence electrons. The fourth-order valence-corrected chi connectivity index (χ4v) is 5.69. The predicted molar refractivity (Wildman–Crippen MR) is 92.5 cm³/mol. The number of carboxylic acid groups (broad SMARTS) is 1. The van der Waals surface area contributed by atoms with E-state index >= 15 is 0 Å². The molecule has 0 saturated heterocycles. The van der Waals surface area contributed by atoms with Gasteiger partial charge in [0, 0.05) is 11.6 Å². The summed E-state index contributed by atoms with van der Waals surface area (Å²) < 4.78 is 4.76. The fourth-order valence-electron chi connectivity index (χ4n) is 5.69. The number of hydrogen-bond acceptors (Lipinski definition) is 4. The Morgan fingerprint density at radius 1 is 1.40 bits per heavy atom. The molecule has 0 spiro atoms. The number of carboxylic acids is 1. The zero-order valence-electron chi connectivity index (χ0n) is 15.1. The Balaban J connectivity index is 1.83. The molecule has 0 radical (unpaired) electrons. The number of carbonyl (C=O) groups is 2. The van der Waals surface area contributed by atoms with E-state index in [1.165, 1.54) is 11.6 Å². The molecule has 5 nitrogen and oxygen atoms in total. The first-order valence-electron chi connectivity index (χ1n) is 9.18. The van der Waals surface area contributed by atoms with Crippen molar-refractivity contribution in [3.05, 3.63) is 23.8 Å². The maximum atomic E-state index is 12.0. The summed E-state index contributed by atoms with van der Waals surface area (Å²) in [4.78, 5) is 23.3. The number of fused-ring (bicyclic) bond motifs is 1. The third-order valence-electron chi connectivity index (χ3n) is 7.08. The van der Waals surface area contributed by atoms with Crippen molar-refractivity contribution in [2.75, 3.05) is 0 Å². The van der Waals surface area contributed by atoms with Gasteiger partial charge in [-0.15, -0.1) is 0 Å². The average Bonchev–Trinajstić information content (AvgIpc) is 2.84. The van der Waals surface area contributed by atoms with E-state index in [0.29, 0.717) is 12.0 Å². The van der Waals surface area contributed by atoms with Gasteiger partial charge in [0.05, 0.1) is 5.41 Å². The first-order chi connectivity index (χ1) is 11.7. The van der Waals surface area contributed by atoms with E-state index in [1.54, 1.807) is 0 Å². The van der Waals surface area contributed by atoms with Crippen LogP contribution >= 0.6 is 0 Å². The summed E-state index contributed by atoms with van der Waals surface area (Å²) in [5.41, 5.74) is 1.00. The van der Waals surface area contributed by atoms with Gasteiger partial charge in [-0.1, -0.05) is 25.5 Å². The molecule has 2 aliphatic carbocycles. The smallest absolute Gasteiger partial charge is 0.333 e. The molecule has 2 N–H and O–H groups in total. The van der Waals surface area contributed by atoms with Gasteiger partial charge in [-0.3, -0.25) is 4.79 Å². The van der Waals surface area contributed by atoms with Crippen molar-refractivity contribution in [1.29, 1.82) is 0 Å². The molecule has 5 heteroatoms. The zero-order valence-corrected chi connectivity index (χ0v) is 15.1. The Hall–Kier alpha value is -1.62. The van der Waals surface area contributed by atoms with Gasteiger partial charge in [0.25, 0.3) is 0 Å². The predicted octanol–water partition coefficient (Wildman–Crippen LogP) is 3.43. The van der Waals surface area contributed by atoms with Gasteiger partial charge in [0.1, 0.15) is 0 Å². The van der Waals surface area contributed by atoms with E-state index in [0.717, 1.165) is 38.5 Å². The van der Waals surface area contributed by atoms with E-state index in [1.807, 2.05) is 6.92 Å². The second-order valence-electron chi connectivity index (χ2n) is 8.43. The lowest BCUT2D eigenvalue weighted by Gasteiger charge is -2.57. The molecule has 2 saturated carbocycles. The standard InChI is InChI=1S/C20H28O5/c1-12-5-8-15-19(2,9-4-10-20(15,3)18(23)24)14(12)7-6-13-11-16(21)25-17(13)22/h11,14-15,17,22H,1,4-10H2,2-3H3,(H,23,24)/t14-,15+,17-,19-,20-/m0/s1. The van der Waals surface area contributed by atoms with Crippen LogP contribution in [0.2, 0.25) is 0 Å². The summed E-state index contributed by atoms with van der Waals surface area (Å²) in [6.45, 7) is 8.39. The summed E-state index contributed by atoms with van der Waals surface area (Å²) in [5.74, 6) is -0.857. The maximum absolute atomic E-state index is 12.0. The van der Waals surface area contributed by atoms with Crippen molar-refractivity contribution >= 4 is 11.9 Å². The van der Waals surface area contributed by atoms with Crippen molar-refractivity contribution in [3.63, 3.8) is 0 Å². The van der Waals surface area contributed by atoms with Crippen LogP contribution in [-0.4, -0.2) is 28.4 Å². The molecule has 1 heterocycles. The van der Waals surface area contributed by atoms with Crippen LogP contribution in [0.15, 0.2) is 23.8 Å². The number of hydrogen-bond donors (Lipinski definition) is 2. The summed E-state index contributed by atoms with van der Waals surface area (Å²) in [6, 6.07) is 0. The molecule has 0 aromatic heterocycles. The van der Waals surface area contributed by atoms with Crippen molar-refractivity contribution in [1.82, 2.24) is 0 Å².